The van der Waals surface area contributed by atoms with Crippen molar-refractivity contribution in [1.82, 2.24) is 15.3 Å². The molecule has 3 aromatic rings. The molecule has 0 aliphatic heterocycles. The molecule has 4 N–H and O–H groups in total. The molecule has 1 amide bonds. The summed E-state index contributed by atoms with van der Waals surface area (Å²) in [6.45, 7) is 0. The molecule has 1 saturated carbocycles. The van der Waals surface area contributed by atoms with Gasteiger partial charge in [0.15, 0.2) is 5.95 Å². The first kappa shape index (κ1) is 25.7. The molecule has 0 unspecified atom stereocenters. The highest BCUT2D eigenvalue weighted by molar-refractivity contribution is 6.39. The monoisotopic (exact) mass is 528 g/mol. The zero-order valence-electron chi connectivity index (χ0n) is 19.3. The van der Waals surface area contributed by atoms with Gasteiger partial charge in [0.1, 0.15) is 11.8 Å². The molecule has 1 aliphatic carbocycles. The molecule has 0 radical (unpaired) electrons. The third-order valence-electron chi connectivity index (χ3n) is 6.36. The summed E-state index contributed by atoms with van der Waals surface area (Å²) >= 11 is 12.1. The van der Waals surface area contributed by atoms with Crippen molar-refractivity contribution in [3.05, 3.63) is 81.6 Å². The number of carboxylic acids is 1. The van der Waals surface area contributed by atoms with Gasteiger partial charge in [0, 0.05) is 37.2 Å². The van der Waals surface area contributed by atoms with Gasteiger partial charge in [-0.05, 0) is 42.5 Å². The number of Topliss-reactive ketones (excluding diaryl/α,β-unsaturated/α-hetero) is 1. The van der Waals surface area contributed by atoms with E-state index >= 15 is 0 Å². The number of nitrogens with zero attached hydrogens (tertiary/aromatic N) is 1. The summed E-state index contributed by atoms with van der Waals surface area (Å²) in [4.78, 5) is 44.4. The number of benzene rings is 2. The number of carboxylic acid groups (broad SMARTS) is 1. The number of amides is 1. The van der Waals surface area contributed by atoms with Gasteiger partial charge in [-0.2, -0.15) is 0 Å². The van der Waals surface area contributed by atoms with Crippen molar-refractivity contribution in [2.45, 2.75) is 44.2 Å². The van der Waals surface area contributed by atoms with Crippen molar-refractivity contribution in [2.24, 2.45) is 5.92 Å². The summed E-state index contributed by atoms with van der Waals surface area (Å²) in [5.41, 5.74) is 1.62. The molecule has 3 atom stereocenters. The van der Waals surface area contributed by atoms with Crippen molar-refractivity contribution in [2.75, 3.05) is 5.32 Å². The summed E-state index contributed by atoms with van der Waals surface area (Å²) in [5.74, 6) is -0.921. The predicted octanol–water partition coefficient (Wildman–Crippen LogP) is 4.53. The second kappa shape index (κ2) is 11.6. The van der Waals surface area contributed by atoms with Crippen molar-refractivity contribution in [3.8, 4) is 0 Å². The average molecular weight is 529 g/mol. The molecular weight excluding hydrogens is 503 g/mol. The summed E-state index contributed by atoms with van der Waals surface area (Å²) in [6.07, 6.45) is 6.35. The van der Waals surface area contributed by atoms with Gasteiger partial charge in [-0.3, -0.25) is 9.59 Å². The van der Waals surface area contributed by atoms with Crippen LogP contribution < -0.4 is 10.6 Å². The van der Waals surface area contributed by atoms with Crippen LogP contribution in [0.4, 0.5) is 5.95 Å². The topological polar surface area (TPSA) is 124 Å². The quantitative estimate of drug-likeness (QED) is 0.306. The van der Waals surface area contributed by atoms with Crippen LogP contribution in [0, 0.1) is 5.92 Å². The lowest BCUT2D eigenvalue weighted by Gasteiger charge is -2.16. The fourth-order valence-corrected chi connectivity index (χ4v) is 5.03. The Kier molecular flexibility index (Phi) is 8.28. The van der Waals surface area contributed by atoms with E-state index in [4.69, 9.17) is 23.2 Å². The molecule has 36 heavy (non-hydrogen) atoms. The van der Waals surface area contributed by atoms with E-state index < -0.39 is 17.9 Å². The first-order valence-corrected chi connectivity index (χ1v) is 12.4. The fourth-order valence-electron chi connectivity index (χ4n) is 4.46. The van der Waals surface area contributed by atoms with Gasteiger partial charge < -0.3 is 20.7 Å². The Bertz CT molecular complexity index is 1210. The van der Waals surface area contributed by atoms with Gasteiger partial charge in [-0.15, -0.1) is 0 Å². The first-order chi connectivity index (χ1) is 17.3. The number of imidazole rings is 1. The van der Waals surface area contributed by atoms with Gasteiger partial charge in [-0.25, -0.2) is 9.78 Å². The van der Waals surface area contributed by atoms with Gasteiger partial charge in [0.25, 0.3) is 5.91 Å². The van der Waals surface area contributed by atoms with Gasteiger partial charge in [0.2, 0.25) is 0 Å². The van der Waals surface area contributed by atoms with Crippen LogP contribution in [-0.2, 0) is 22.4 Å². The van der Waals surface area contributed by atoms with E-state index in [2.05, 4.69) is 20.6 Å². The summed E-state index contributed by atoms with van der Waals surface area (Å²) in [5, 5.41) is 15.7. The minimum absolute atomic E-state index is 0.000349. The van der Waals surface area contributed by atoms with E-state index in [1.54, 1.807) is 30.6 Å². The SMILES string of the molecule is O=C(N[C@@H](Cc1ccc(CC(=O)[C@H]2CC[C@H](Nc3ncc[nH]3)C2)cc1)C(=O)O)c1c(Cl)cccc1Cl. The number of aromatic nitrogens is 2. The predicted molar refractivity (Wildman–Crippen MR) is 138 cm³/mol. The molecule has 0 saturated heterocycles. The Morgan fingerprint density at radius 1 is 1.06 bits per heavy atom. The molecule has 1 fully saturated rings. The Balaban J connectivity index is 1.32. The molecule has 8 nitrogen and oxygen atoms in total. The van der Waals surface area contributed by atoms with Crippen LogP contribution in [0.2, 0.25) is 10.0 Å². The van der Waals surface area contributed by atoms with Gasteiger partial charge >= 0.3 is 5.97 Å². The Morgan fingerprint density at radius 3 is 2.39 bits per heavy atom. The lowest BCUT2D eigenvalue weighted by atomic mass is 9.95. The van der Waals surface area contributed by atoms with Crippen molar-refractivity contribution in [3.63, 3.8) is 0 Å². The molecule has 10 heteroatoms. The van der Waals surface area contributed by atoms with E-state index in [1.807, 2.05) is 12.1 Å². The largest absolute Gasteiger partial charge is 0.480 e. The fraction of sp³-hybridized carbons (Fsp3) is 0.308. The minimum atomic E-state index is -1.18. The standard InChI is InChI=1S/C26H26Cl2N4O4/c27-19-2-1-3-20(28)23(19)24(34)32-21(25(35)36)12-15-4-6-16(7-5-15)13-22(33)17-8-9-18(14-17)31-26-29-10-11-30-26/h1-7,10-11,17-18,21H,8-9,12-14H2,(H,32,34)(H,35,36)(H2,29,30,31)/t17-,18-,21-/m0/s1. The lowest BCUT2D eigenvalue weighted by molar-refractivity contribution is -0.139. The number of anilines is 1. The second-order valence-corrected chi connectivity index (χ2v) is 9.73. The van der Waals surface area contributed by atoms with Crippen LogP contribution >= 0.6 is 23.2 Å². The number of halogens is 2. The highest BCUT2D eigenvalue weighted by Gasteiger charge is 2.30. The number of H-pyrrole nitrogens is 1. The number of aliphatic carboxylic acids is 1. The number of hydrogen-bond acceptors (Lipinski definition) is 5. The molecule has 1 heterocycles. The van der Waals surface area contributed by atoms with Crippen molar-refractivity contribution in [1.29, 1.82) is 0 Å². The molecular formula is C26H26Cl2N4O4. The number of carbonyl (C=O) groups is 3. The lowest BCUT2D eigenvalue weighted by Crippen LogP contribution is -2.42. The van der Waals surface area contributed by atoms with Crippen LogP contribution in [0.3, 0.4) is 0 Å². The minimum Gasteiger partial charge on any atom is -0.480 e. The van der Waals surface area contributed by atoms with Crippen LogP contribution in [0.15, 0.2) is 54.9 Å². The van der Waals surface area contributed by atoms with Crippen LogP contribution in [0.1, 0.15) is 40.7 Å². The summed E-state index contributed by atoms with van der Waals surface area (Å²) in [7, 11) is 0. The number of ketones is 1. The van der Waals surface area contributed by atoms with Crippen molar-refractivity contribution < 1.29 is 19.5 Å². The Labute approximate surface area is 218 Å². The van der Waals surface area contributed by atoms with Crippen LogP contribution in [0.5, 0.6) is 0 Å². The van der Waals surface area contributed by atoms with Crippen molar-refractivity contribution >= 4 is 46.8 Å². The normalized spacial score (nSPS) is 17.9. The zero-order valence-corrected chi connectivity index (χ0v) is 20.9. The van der Waals surface area contributed by atoms with Crippen LogP contribution in [-0.4, -0.2) is 44.8 Å². The Morgan fingerprint density at radius 2 is 1.75 bits per heavy atom. The second-order valence-electron chi connectivity index (χ2n) is 8.91. The third kappa shape index (κ3) is 6.44. The maximum Gasteiger partial charge on any atom is 0.326 e. The molecule has 1 aromatic heterocycles. The molecule has 2 aromatic carbocycles. The van der Waals surface area contributed by atoms with E-state index in [9.17, 15) is 19.5 Å². The first-order valence-electron chi connectivity index (χ1n) is 11.6. The molecule has 0 spiro atoms. The number of hydrogen-bond donors (Lipinski definition) is 4. The number of rotatable bonds is 10. The third-order valence-corrected chi connectivity index (χ3v) is 6.99. The van der Waals surface area contributed by atoms with Crippen LogP contribution in [0.25, 0.3) is 0 Å². The number of aromatic amines is 1. The number of nitrogens with one attached hydrogen (secondary N) is 3. The Hall–Kier alpha value is -3.36. The summed E-state index contributed by atoms with van der Waals surface area (Å²) in [6, 6.07) is 10.9. The zero-order chi connectivity index (χ0) is 25.7. The molecule has 4 rings (SSSR count). The average Bonchev–Trinajstić information content (AvgIpc) is 3.52. The molecule has 0 bridgehead atoms. The highest BCUT2D eigenvalue weighted by Crippen LogP contribution is 2.29. The summed E-state index contributed by atoms with van der Waals surface area (Å²) < 4.78 is 0. The van der Waals surface area contributed by atoms with Gasteiger partial charge in [-0.1, -0.05) is 53.5 Å². The maximum absolute atomic E-state index is 12.8. The van der Waals surface area contributed by atoms with Gasteiger partial charge in [0.05, 0.1) is 15.6 Å². The highest BCUT2D eigenvalue weighted by atomic mass is 35.5. The van der Waals surface area contributed by atoms with E-state index in [-0.39, 0.29) is 39.8 Å². The maximum atomic E-state index is 12.8. The van der Waals surface area contributed by atoms with E-state index in [0.717, 1.165) is 30.8 Å². The van der Waals surface area contributed by atoms with E-state index in [1.165, 1.54) is 12.1 Å². The van der Waals surface area contributed by atoms with E-state index in [0.29, 0.717) is 12.0 Å². The molecule has 188 valence electrons. The molecule has 1 aliphatic rings. The number of carbonyl (C=O) groups excluding carboxylic acids is 2. The smallest absolute Gasteiger partial charge is 0.326 e.